The summed E-state index contributed by atoms with van der Waals surface area (Å²) in [4.78, 5) is 0.909. The van der Waals surface area contributed by atoms with E-state index in [-0.39, 0.29) is 11.5 Å². The SMILES string of the molecule is CC(C)(C)c1ccc(S(=O)CC(N)C2CCCC2)cc1. The molecule has 1 aromatic rings. The van der Waals surface area contributed by atoms with E-state index in [4.69, 9.17) is 5.73 Å². The van der Waals surface area contributed by atoms with E-state index in [1.54, 1.807) is 0 Å². The minimum atomic E-state index is -0.970. The van der Waals surface area contributed by atoms with Crippen molar-refractivity contribution in [2.75, 3.05) is 5.75 Å². The molecule has 0 aromatic heterocycles. The monoisotopic (exact) mass is 293 g/mol. The van der Waals surface area contributed by atoms with Gasteiger partial charge in [0.1, 0.15) is 0 Å². The van der Waals surface area contributed by atoms with E-state index in [2.05, 4.69) is 32.9 Å². The van der Waals surface area contributed by atoms with Gasteiger partial charge in [-0.2, -0.15) is 0 Å². The smallest absolute Gasteiger partial charge is 0.0545 e. The number of benzene rings is 1. The lowest BCUT2D eigenvalue weighted by Gasteiger charge is -2.20. The van der Waals surface area contributed by atoms with E-state index in [9.17, 15) is 4.21 Å². The second kappa shape index (κ2) is 6.40. The fourth-order valence-corrected chi connectivity index (χ4v) is 4.15. The molecule has 20 heavy (non-hydrogen) atoms. The highest BCUT2D eigenvalue weighted by Crippen LogP contribution is 2.28. The Labute approximate surface area is 125 Å². The number of rotatable bonds is 4. The summed E-state index contributed by atoms with van der Waals surface area (Å²) in [7, 11) is -0.970. The summed E-state index contributed by atoms with van der Waals surface area (Å²) in [5, 5.41) is 0. The topological polar surface area (TPSA) is 43.1 Å². The van der Waals surface area contributed by atoms with E-state index in [1.165, 1.54) is 31.2 Å². The third kappa shape index (κ3) is 3.92. The highest BCUT2D eigenvalue weighted by Gasteiger charge is 2.24. The molecule has 1 aliphatic rings. The second-order valence-corrected chi connectivity index (χ2v) is 8.49. The fraction of sp³-hybridized carbons (Fsp3) is 0.647. The Bertz CT molecular complexity index is 455. The summed E-state index contributed by atoms with van der Waals surface area (Å²) in [6.45, 7) is 6.57. The van der Waals surface area contributed by atoms with Crippen molar-refractivity contribution in [2.24, 2.45) is 11.7 Å². The summed E-state index contributed by atoms with van der Waals surface area (Å²) < 4.78 is 12.4. The van der Waals surface area contributed by atoms with Crippen LogP contribution in [0.5, 0.6) is 0 Å². The largest absolute Gasteiger partial charge is 0.327 e. The normalized spacial score (nSPS) is 20.0. The maximum Gasteiger partial charge on any atom is 0.0545 e. The standard InChI is InChI=1S/C17H27NOS/c1-17(2,3)14-8-10-15(11-9-14)20(19)12-16(18)13-6-4-5-7-13/h8-11,13,16H,4-7,12,18H2,1-3H3. The molecule has 0 saturated heterocycles. The van der Waals surface area contributed by atoms with Gasteiger partial charge in [0.2, 0.25) is 0 Å². The maximum absolute atomic E-state index is 12.4. The molecule has 0 heterocycles. The third-order valence-electron chi connectivity index (χ3n) is 4.33. The Balaban J connectivity index is 1.98. The van der Waals surface area contributed by atoms with Gasteiger partial charge in [0.15, 0.2) is 0 Å². The van der Waals surface area contributed by atoms with Crippen LogP contribution in [-0.4, -0.2) is 16.0 Å². The van der Waals surface area contributed by atoms with E-state index >= 15 is 0 Å². The first-order chi connectivity index (χ1) is 9.38. The first kappa shape index (κ1) is 15.7. The van der Waals surface area contributed by atoms with Gasteiger partial charge >= 0.3 is 0 Å². The molecular formula is C17H27NOS. The molecule has 3 heteroatoms. The summed E-state index contributed by atoms with van der Waals surface area (Å²) in [6, 6.07) is 8.26. The van der Waals surface area contributed by atoms with Crippen LogP contribution in [0.25, 0.3) is 0 Å². The van der Waals surface area contributed by atoms with E-state index in [1.807, 2.05) is 12.1 Å². The van der Waals surface area contributed by atoms with Crippen LogP contribution in [0, 0.1) is 5.92 Å². The van der Waals surface area contributed by atoms with Crippen LogP contribution in [0.2, 0.25) is 0 Å². The molecule has 0 aliphatic heterocycles. The quantitative estimate of drug-likeness (QED) is 0.921. The van der Waals surface area contributed by atoms with Crippen molar-refractivity contribution in [1.82, 2.24) is 0 Å². The summed E-state index contributed by atoms with van der Waals surface area (Å²) in [6.07, 6.45) is 4.99. The molecule has 2 N–H and O–H groups in total. The zero-order chi connectivity index (χ0) is 14.8. The zero-order valence-electron chi connectivity index (χ0n) is 12.9. The lowest BCUT2D eigenvalue weighted by atomic mass is 9.87. The molecule has 0 bridgehead atoms. The molecule has 112 valence electrons. The minimum absolute atomic E-state index is 0.0839. The predicted octanol–water partition coefficient (Wildman–Crippen LogP) is 3.61. The maximum atomic E-state index is 12.4. The van der Waals surface area contributed by atoms with Gasteiger partial charge in [-0.05, 0) is 41.9 Å². The molecule has 1 saturated carbocycles. The molecule has 2 nitrogen and oxygen atoms in total. The molecule has 1 aliphatic carbocycles. The second-order valence-electron chi connectivity index (χ2n) is 6.99. The van der Waals surface area contributed by atoms with Crippen LogP contribution in [-0.2, 0) is 16.2 Å². The van der Waals surface area contributed by atoms with Crippen LogP contribution < -0.4 is 5.73 Å². The van der Waals surface area contributed by atoms with E-state index < -0.39 is 10.8 Å². The van der Waals surface area contributed by atoms with Gasteiger partial charge < -0.3 is 5.73 Å². The molecule has 0 spiro atoms. The molecule has 1 aromatic carbocycles. The van der Waals surface area contributed by atoms with Gasteiger partial charge in [0.25, 0.3) is 0 Å². The van der Waals surface area contributed by atoms with Gasteiger partial charge in [0, 0.05) is 16.7 Å². The summed E-state index contributed by atoms with van der Waals surface area (Å²) in [5.41, 5.74) is 7.64. The summed E-state index contributed by atoms with van der Waals surface area (Å²) in [5.74, 6) is 1.17. The summed E-state index contributed by atoms with van der Waals surface area (Å²) >= 11 is 0. The van der Waals surface area contributed by atoms with Crippen molar-refractivity contribution in [3.8, 4) is 0 Å². The Hall–Kier alpha value is -0.670. The average Bonchev–Trinajstić information content (AvgIpc) is 2.91. The first-order valence-corrected chi connectivity index (χ1v) is 8.94. The van der Waals surface area contributed by atoms with Crippen LogP contribution in [0.3, 0.4) is 0 Å². The Morgan fingerprint density at radius 1 is 1.20 bits per heavy atom. The van der Waals surface area contributed by atoms with Crippen molar-refractivity contribution in [2.45, 2.75) is 62.8 Å². The fourth-order valence-electron chi connectivity index (χ4n) is 2.90. The lowest BCUT2D eigenvalue weighted by Crippen LogP contribution is -2.34. The molecule has 2 unspecified atom stereocenters. The Morgan fingerprint density at radius 3 is 2.25 bits per heavy atom. The van der Waals surface area contributed by atoms with E-state index in [0.29, 0.717) is 11.7 Å². The predicted molar refractivity (Wildman–Crippen MR) is 86.4 cm³/mol. The third-order valence-corrected chi connectivity index (χ3v) is 5.82. The minimum Gasteiger partial charge on any atom is -0.327 e. The number of hydrogen-bond donors (Lipinski definition) is 1. The highest BCUT2D eigenvalue weighted by molar-refractivity contribution is 7.85. The molecular weight excluding hydrogens is 266 g/mol. The number of nitrogens with two attached hydrogens (primary N) is 1. The van der Waals surface area contributed by atoms with Gasteiger partial charge in [0.05, 0.1) is 10.8 Å². The van der Waals surface area contributed by atoms with Gasteiger partial charge in [-0.25, -0.2) is 0 Å². The number of hydrogen-bond acceptors (Lipinski definition) is 2. The average molecular weight is 293 g/mol. The first-order valence-electron chi connectivity index (χ1n) is 7.62. The molecule has 1 fully saturated rings. The zero-order valence-corrected chi connectivity index (χ0v) is 13.7. The van der Waals surface area contributed by atoms with Crippen molar-refractivity contribution < 1.29 is 4.21 Å². The Morgan fingerprint density at radius 2 is 1.75 bits per heavy atom. The van der Waals surface area contributed by atoms with Crippen molar-refractivity contribution >= 4 is 10.8 Å². The molecule has 0 amide bonds. The molecule has 2 atom stereocenters. The van der Waals surface area contributed by atoms with Crippen molar-refractivity contribution in [3.63, 3.8) is 0 Å². The van der Waals surface area contributed by atoms with Crippen LogP contribution in [0.15, 0.2) is 29.2 Å². The highest BCUT2D eigenvalue weighted by atomic mass is 32.2. The van der Waals surface area contributed by atoms with Crippen molar-refractivity contribution in [3.05, 3.63) is 29.8 Å². The molecule has 2 rings (SSSR count). The van der Waals surface area contributed by atoms with Crippen LogP contribution >= 0.6 is 0 Å². The molecule has 0 radical (unpaired) electrons. The van der Waals surface area contributed by atoms with Gasteiger partial charge in [-0.1, -0.05) is 45.7 Å². The van der Waals surface area contributed by atoms with Crippen LogP contribution in [0.1, 0.15) is 52.0 Å². The van der Waals surface area contributed by atoms with Crippen molar-refractivity contribution in [1.29, 1.82) is 0 Å². The van der Waals surface area contributed by atoms with Gasteiger partial charge in [-0.15, -0.1) is 0 Å². The Kier molecular flexibility index (Phi) is 5.03. The van der Waals surface area contributed by atoms with E-state index in [0.717, 1.165) is 4.90 Å². The van der Waals surface area contributed by atoms with Crippen LogP contribution in [0.4, 0.5) is 0 Å². The van der Waals surface area contributed by atoms with Gasteiger partial charge in [-0.3, -0.25) is 4.21 Å². The lowest BCUT2D eigenvalue weighted by molar-refractivity contribution is 0.460.